The summed E-state index contributed by atoms with van der Waals surface area (Å²) in [6.45, 7) is 0.993. The van der Waals surface area contributed by atoms with Gasteiger partial charge >= 0.3 is 0 Å². The molecule has 41 heavy (non-hydrogen) atoms. The molecule has 0 radical (unpaired) electrons. The average molecular weight is 582 g/mol. The number of benzene rings is 2. The lowest BCUT2D eigenvalue weighted by Gasteiger charge is -2.42. The minimum absolute atomic E-state index is 0.00108. The van der Waals surface area contributed by atoms with Crippen molar-refractivity contribution in [2.24, 2.45) is 0 Å². The van der Waals surface area contributed by atoms with Crippen molar-refractivity contribution < 1.29 is 69.6 Å². The van der Waals surface area contributed by atoms with Gasteiger partial charge in [-0.25, -0.2) is 0 Å². The minimum atomic E-state index is -1.75. The maximum atomic E-state index is 10.7. The highest BCUT2D eigenvalue weighted by atomic mass is 16.7. The summed E-state index contributed by atoms with van der Waals surface area (Å²) in [6, 6.07) is 8.45. The van der Waals surface area contributed by atoms with E-state index in [1.165, 1.54) is 31.2 Å². The largest absolute Gasteiger partial charge is 0.571 e. The number of phenolic OH excluding ortho intramolecular Hbond substituents is 3. The molecule has 3 heterocycles. The molecule has 0 amide bonds. The molecule has 5 rings (SSSR count). The summed E-state index contributed by atoms with van der Waals surface area (Å²) in [5.74, 6) is -0.211. The zero-order chi connectivity index (χ0) is 29.6. The van der Waals surface area contributed by atoms with E-state index in [2.05, 4.69) is 4.74 Å². The van der Waals surface area contributed by atoms with E-state index in [0.717, 1.165) is 6.07 Å². The quantitative estimate of drug-likeness (QED) is 0.183. The summed E-state index contributed by atoms with van der Waals surface area (Å²) in [4.78, 5) is 0. The van der Waals surface area contributed by atoms with Crippen LogP contribution in [-0.4, -0.2) is 119 Å². The Labute approximate surface area is 233 Å². The predicted octanol–water partition coefficient (Wildman–Crippen LogP) is -1.19. The van der Waals surface area contributed by atoms with Gasteiger partial charge < -0.3 is 69.6 Å². The Balaban J connectivity index is 1.37. The maximum absolute atomic E-state index is 10.7. The van der Waals surface area contributed by atoms with Crippen LogP contribution >= 0.6 is 0 Å². The Bertz CT molecular complexity index is 1250. The van der Waals surface area contributed by atoms with Crippen molar-refractivity contribution in [2.75, 3.05) is 6.61 Å². The molecule has 0 bridgehead atoms. The normalized spacial score (nSPS) is 37.0. The SMILES string of the molecule is CC1O[C@@H](OCC2O[C@@H](OC3=Cc4c(O)cc(O)cc4[OH+]C3c3ccc(O)cc3)C(O)C(O)[C@@H]2O)C(O)[C@@H](O)[C@H]1O. The Morgan fingerprint density at radius 2 is 1.41 bits per heavy atom. The molecule has 10 N–H and O–H groups in total. The molecule has 14 heteroatoms. The van der Waals surface area contributed by atoms with Crippen LogP contribution < -0.4 is 0 Å². The summed E-state index contributed by atoms with van der Waals surface area (Å²) in [7, 11) is 0. The van der Waals surface area contributed by atoms with E-state index in [0.29, 0.717) is 5.56 Å². The van der Waals surface area contributed by atoms with Crippen molar-refractivity contribution in [3.05, 3.63) is 53.3 Å². The van der Waals surface area contributed by atoms with Crippen LogP contribution in [0.4, 0.5) is 0 Å². The van der Waals surface area contributed by atoms with Gasteiger partial charge in [-0.15, -0.1) is 0 Å². The highest BCUT2D eigenvalue weighted by molar-refractivity contribution is 5.69. The van der Waals surface area contributed by atoms with Crippen molar-refractivity contribution in [1.82, 2.24) is 0 Å². The highest BCUT2D eigenvalue weighted by Crippen LogP contribution is 2.45. The van der Waals surface area contributed by atoms with E-state index in [-0.39, 0.29) is 34.3 Å². The van der Waals surface area contributed by atoms with Gasteiger partial charge in [0.15, 0.2) is 12.0 Å². The molecule has 0 aromatic heterocycles. The minimum Gasteiger partial charge on any atom is -0.571 e. The first-order valence-corrected chi connectivity index (χ1v) is 12.9. The summed E-state index contributed by atoms with van der Waals surface area (Å²) >= 11 is 0. The van der Waals surface area contributed by atoms with Crippen molar-refractivity contribution in [2.45, 2.75) is 74.4 Å². The number of phenols is 3. The smallest absolute Gasteiger partial charge is 0.270 e. The van der Waals surface area contributed by atoms with Gasteiger partial charge in [0.1, 0.15) is 65.5 Å². The van der Waals surface area contributed by atoms with Crippen LogP contribution in [0.2, 0.25) is 0 Å². The Kier molecular flexibility index (Phi) is 8.29. The molecule has 3 aliphatic heterocycles. The molecular weight excluding hydrogens is 548 g/mol. The molecule has 0 aliphatic carbocycles. The standard InChI is InChI=1S/C27H32O14/c1-10-19(31)21(33)23(35)26(38-10)37-9-18-20(32)22(34)24(36)27(41-18)40-17-8-14-15(30)6-13(29)7-16(14)39-25(17)11-2-4-12(28)5-3-11/h2-8,10,18-36H,9H2,1H3/p+1/t10?,18?,19-,20+,21-,22?,23?,24?,25?,26+,27+/m0/s1. The Hall–Kier alpha value is -3.18. The molecule has 224 valence electrons. The van der Waals surface area contributed by atoms with Crippen LogP contribution in [0.5, 0.6) is 23.0 Å². The molecule has 0 spiro atoms. The molecule has 6 unspecified atom stereocenters. The topological polar surface area (TPSA) is 232 Å². The van der Waals surface area contributed by atoms with Crippen molar-refractivity contribution in [1.29, 1.82) is 0 Å². The van der Waals surface area contributed by atoms with Crippen LogP contribution in [0.15, 0.2) is 42.2 Å². The zero-order valence-corrected chi connectivity index (χ0v) is 21.7. The van der Waals surface area contributed by atoms with E-state index >= 15 is 0 Å². The third kappa shape index (κ3) is 5.79. The Morgan fingerprint density at radius 1 is 0.756 bits per heavy atom. The first-order valence-electron chi connectivity index (χ1n) is 12.9. The van der Waals surface area contributed by atoms with Crippen LogP contribution in [-0.2, 0) is 18.9 Å². The molecule has 3 aliphatic rings. The van der Waals surface area contributed by atoms with Gasteiger partial charge in [-0.05, 0) is 31.2 Å². The fourth-order valence-electron chi connectivity index (χ4n) is 4.91. The second kappa shape index (κ2) is 11.6. The van der Waals surface area contributed by atoms with Gasteiger partial charge in [-0.3, -0.25) is 0 Å². The number of aliphatic hydroxyl groups excluding tert-OH is 6. The van der Waals surface area contributed by atoms with E-state index in [1.807, 2.05) is 0 Å². The van der Waals surface area contributed by atoms with Gasteiger partial charge in [-0.1, -0.05) is 0 Å². The van der Waals surface area contributed by atoms with E-state index < -0.39 is 74.1 Å². The van der Waals surface area contributed by atoms with Crippen molar-refractivity contribution in [3.63, 3.8) is 0 Å². The van der Waals surface area contributed by atoms with E-state index in [1.54, 1.807) is 12.1 Å². The zero-order valence-electron chi connectivity index (χ0n) is 21.7. The number of fused-ring (bicyclic) bond motifs is 1. The van der Waals surface area contributed by atoms with Crippen LogP contribution in [0, 0.1) is 0 Å². The van der Waals surface area contributed by atoms with Gasteiger partial charge in [0.05, 0.1) is 24.3 Å². The second-order valence-corrected chi connectivity index (χ2v) is 10.2. The van der Waals surface area contributed by atoms with Gasteiger partial charge in [0, 0.05) is 12.1 Å². The van der Waals surface area contributed by atoms with Crippen molar-refractivity contribution >= 4 is 6.08 Å². The van der Waals surface area contributed by atoms with Crippen LogP contribution in [0.25, 0.3) is 6.08 Å². The predicted molar refractivity (Wildman–Crippen MR) is 136 cm³/mol. The molecule has 14 nitrogen and oxygen atoms in total. The first kappa shape index (κ1) is 29.3. The Morgan fingerprint density at radius 3 is 2.12 bits per heavy atom. The lowest BCUT2D eigenvalue weighted by atomic mass is 9.98. The fourth-order valence-corrected chi connectivity index (χ4v) is 4.91. The van der Waals surface area contributed by atoms with E-state index in [9.17, 15) is 46.0 Å². The number of hydrogen-bond donors (Lipinski definition) is 9. The average Bonchev–Trinajstić information content (AvgIpc) is 2.94. The van der Waals surface area contributed by atoms with Gasteiger partial charge in [-0.2, -0.15) is 0 Å². The lowest BCUT2D eigenvalue weighted by Crippen LogP contribution is -2.61. The summed E-state index contributed by atoms with van der Waals surface area (Å²) in [6.07, 6.45) is -14.3. The second-order valence-electron chi connectivity index (χ2n) is 10.2. The fraction of sp³-hybridized carbons (Fsp3) is 0.481. The highest BCUT2D eigenvalue weighted by Gasteiger charge is 2.48. The molecule has 2 saturated heterocycles. The summed E-state index contributed by atoms with van der Waals surface area (Å²) in [5.41, 5.74) is 0.739. The van der Waals surface area contributed by atoms with Gasteiger partial charge in [0.2, 0.25) is 6.29 Å². The first-order chi connectivity index (χ1) is 19.4. The molecule has 2 aromatic carbocycles. The molecule has 2 aromatic rings. The molecule has 0 saturated carbocycles. The molecular formula is C27H33O14+. The number of hydrogen-bond acceptors (Lipinski definition) is 13. The number of rotatable bonds is 6. The van der Waals surface area contributed by atoms with E-state index in [4.69, 9.17) is 18.9 Å². The number of ether oxygens (including phenoxy) is 5. The lowest BCUT2D eigenvalue weighted by molar-refractivity contribution is -0.325. The summed E-state index contributed by atoms with van der Waals surface area (Å²) in [5, 5.41) is 92.0. The molecule has 2 fully saturated rings. The number of aliphatic hydroxyl groups is 7. The third-order valence-electron chi connectivity index (χ3n) is 7.31. The van der Waals surface area contributed by atoms with Crippen molar-refractivity contribution in [3.8, 4) is 23.0 Å². The maximum Gasteiger partial charge on any atom is 0.270 e. The van der Waals surface area contributed by atoms with Gasteiger partial charge in [0.25, 0.3) is 11.9 Å². The monoisotopic (exact) mass is 581 g/mol. The summed E-state index contributed by atoms with van der Waals surface area (Å²) < 4.78 is 27.2. The van der Waals surface area contributed by atoms with Crippen LogP contribution in [0.1, 0.15) is 24.2 Å². The van der Waals surface area contributed by atoms with Crippen LogP contribution in [0.3, 0.4) is 0 Å². The number of aromatic hydroxyl groups is 4. The third-order valence-corrected chi connectivity index (χ3v) is 7.31. The molecule has 11 atom stereocenters.